The van der Waals surface area contributed by atoms with Gasteiger partial charge in [0.15, 0.2) is 5.69 Å². The van der Waals surface area contributed by atoms with E-state index in [2.05, 4.69) is 9.72 Å². The highest BCUT2D eigenvalue weighted by atomic mass is 31.0. The monoisotopic (exact) mass is 429 g/mol. The number of rotatable bonds is 5. The van der Waals surface area contributed by atoms with Gasteiger partial charge in [0, 0.05) is 13.3 Å². The minimum atomic E-state index is -4.77. The highest BCUT2D eigenvalue weighted by molar-refractivity contribution is 7.17. The van der Waals surface area contributed by atoms with Gasteiger partial charge in [0.2, 0.25) is 5.82 Å². The molecule has 0 aliphatic carbocycles. The Labute approximate surface area is 163 Å². The third kappa shape index (κ3) is 4.47. The molecule has 0 N–H and O–H groups in total. The number of benzene rings is 1. The van der Waals surface area contributed by atoms with E-state index in [0.29, 0.717) is 16.7 Å². The lowest BCUT2D eigenvalue weighted by molar-refractivity contribution is -0.145. The van der Waals surface area contributed by atoms with Gasteiger partial charge >= 0.3 is 12.0 Å². The molecule has 1 unspecified atom stereocenters. The van der Waals surface area contributed by atoms with Gasteiger partial charge in [0.1, 0.15) is 11.8 Å². The Morgan fingerprint density at radius 1 is 1.17 bits per heavy atom. The Morgan fingerprint density at radius 2 is 1.90 bits per heavy atom. The average Bonchev–Trinajstić information content (AvgIpc) is 2.99. The van der Waals surface area contributed by atoms with Gasteiger partial charge in [-0.1, -0.05) is 12.1 Å². The molecule has 0 saturated heterocycles. The zero-order valence-electron chi connectivity index (χ0n) is 14.8. The molecule has 5 nitrogen and oxygen atoms in total. The molecule has 0 bridgehead atoms. The summed E-state index contributed by atoms with van der Waals surface area (Å²) in [5.41, 5.74) is 0.870. The van der Waals surface area contributed by atoms with Crippen molar-refractivity contribution in [3.8, 4) is 22.9 Å². The summed E-state index contributed by atoms with van der Waals surface area (Å²) in [4.78, 5) is 3.37. The SMILES string of the molecule is COCc1cc(OC(F)(F)P)ccc1-c1ccc2c(C#N)nc(C(F)(F)F)n2c1. The van der Waals surface area contributed by atoms with E-state index in [1.54, 1.807) is 6.07 Å². The Bertz CT molecular complexity index is 1100. The van der Waals surface area contributed by atoms with Crippen molar-refractivity contribution in [1.82, 2.24) is 9.38 Å². The summed E-state index contributed by atoms with van der Waals surface area (Å²) in [5.74, 6) is -4.84. The van der Waals surface area contributed by atoms with Crippen LogP contribution in [0.5, 0.6) is 5.75 Å². The number of aromatic nitrogens is 2. The fourth-order valence-corrected chi connectivity index (χ4v) is 3.01. The molecule has 29 heavy (non-hydrogen) atoms. The van der Waals surface area contributed by atoms with Gasteiger partial charge in [0.05, 0.1) is 12.1 Å². The Hall–Kier alpha value is -2.76. The first kappa shape index (κ1) is 21.0. The first-order chi connectivity index (χ1) is 13.5. The molecule has 0 aliphatic heterocycles. The Kier molecular flexibility index (Phi) is 5.48. The quantitative estimate of drug-likeness (QED) is 0.430. The molecule has 0 aliphatic rings. The number of hydrogen-bond acceptors (Lipinski definition) is 4. The molecule has 0 radical (unpaired) electrons. The molecular weight excluding hydrogens is 416 g/mol. The molecule has 0 spiro atoms. The number of nitrogens with zero attached hydrogens (tertiary/aromatic N) is 3. The van der Waals surface area contributed by atoms with Gasteiger partial charge in [-0.25, -0.2) is 4.98 Å². The van der Waals surface area contributed by atoms with Crippen LogP contribution in [0.25, 0.3) is 16.6 Å². The molecule has 2 heterocycles. The minimum absolute atomic E-state index is 0.000491. The normalized spacial score (nSPS) is 12.2. The number of halogens is 5. The molecule has 152 valence electrons. The Balaban J connectivity index is 2.16. The number of pyridine rings is 1. The largest absolute Gasteiger partial charge is 0.450 e. The van der Waals surface area contributed by atoms with Gasteiger partial charge in [-0.3, -0.25) is 4.40 Å². The third-order valence-electron chi connectivity index (χ3n) is 3.94. The van der Waals surface area contributed by atoms with Crippen molar-refractivity contribution < 1.29 is 31.4 Å². The molecule has 2 aromatic heterocycles. The van der Waals surface area contributed by atoms with E-state index in [4.69, 9.17) is 10.00 Å². The van der Waals surface area contributed by atoms with Crippen LogP contribution in [-0.4, -0.2) is 22.3 Å². The molecule has 0 amide bonds. The fraction of sp³-hybridized carbons (Fsp3) is 0.222. The summed E-state index contributed by atoms with van der Waals surface area (Å²) in [6.07, 6.45) is -3.58. The van der Waals surface area contributed by atoms with Crippen LogP contribution in [0.15, 0.2) is 36.5 Å². The lowest BCUT2D eigenvalue weighted by Gasteiger charge is -2.16. The van der Waals surface area contributed by atoms with E-state index in [1.807, 2.05) is 0 Å². The van der Waals surface area contributed by atoms with Crippen molar-refractivity contribution in [2.75, 3.05) is 7.11 Å². The lowest BCUT2D eigenvalue weighted by atomic mass is 10.0. The highest BCUT2D eigenvalue weighted by Crippen LogP contribution is 2.35. The predicted octanol–water partition coefficient (Wildman–Crippen LogP) is 4.84. The van der Waals surface area contributed by atoms with Crippen LogP contribution in [-0.2, 0) is 17.5 Å². The number of nitriles is 1. The first-order valence-electron chi connectivity index (χ1n) is 8.01. The van der Waals surface area contributed by atoms with E-state index >= 15 is 0 Å². The van der Waals surface area contributed by atoms with Crippen molar-refractivity contribution in [2.45, 2.75) is 18.6 Å². The van der Waals surface area contributed by atoms with E-state index in [-0.39, 0.29) is 23.6 Å². The summed E-state index contributed by atoms with van der Waals surface area (Å²) in [5, 5.41) is 9.05. The third-order valence-corrected chi connectivity index (χ3v) is 4.06. The van der Waals surface area contributed by atoms with E-state index in [1.165, 1.54) is 52.9 Å². The summed E-state index contributed by atoms with van der Waals surface area (Å²) in [7, 11) is 2.64. The first-order valence-corrected chi connectivity index (χ1v) is 8.58. The topological polar surface area (TPSA) is 59.5 Å². The number of alkyl halides is 5. The van der Waals surface area contributed by atoms with E-state index < -0.39 is 17.9 Å². The number of fused-ring (bicyclic) bond motifs is 1. The predicted molar refractivity (Wildman–Crippen MR) is 96.3 cm³/mol. The van der Waals surface area contributed by atoms with Crippen LogP contribution in [0.2, 0.25) is 0 Å². The van der Waals surface area contributed by atoms with Crippen molar-refractivity contribution >= 4 is 14.8 Å². The second-order valence-electron chi connectivity index (χ2n) is 5.98. The van der Waals surface area contributed by atoms with Crippen molar-refractivity contribution in [2.24, 2.45) is 0 Å². The van der Waals surface area contributed by atoms with E-state index in [0.717, 1.165) is 4.40 Å². The Morgan fingerprint density at radius 3 is 2.48 bits per heavy atom. The van der Waals surface area contributed by atoms with Crippen LogP contribution in [0.3, 0.4) is 0 Å². The maximum absolute atomic E-state index is 13.3. The highest BCUT2D eigenvalue weighted by Gasteiger charge is 2.37. The summed E-state index contributed by atoms with van der Waals surface area (Å²) in [6.45, 7) is 0.00645. The molecule has 3 rings (SSSR count). The molecule has 0 fully saturated rings. The van der Waals surface area contributed by atoms with Crippen LogP contribution < -0.4 is 4.74 Å². The van der Waals surface area contributed by atoms with Crippen molar-refractivity contribution in [3.05, 3.63) is 53.6 Å². The zero-order valence-corrected chi connectivity index (χ0v) is 16.0. The van der Waals surface area contributed by atoms with Crippen LogP contribution in [0.4, 0.5) is 22.0 Å². The van der Waals surface area contributed by atoms with Gasteiger partial charge < -0.3 is 9.47 Å². The molecule has 0 saturated carbocycles. The molecule has 3 aromatic rings. The maximum Gasteiger partial charge on any atom is 0.450 e. The van der Waals surface area contributed by atoms with E-state index in [9.17, 15) is 22.0 Å². The van der Waals surface area contributed by atoms with Crippen molar-refractivity contribution in [3.63, 3.8) is 0 Å². The summed E-state index contributed by atoms with van der Waals surface area (Å²) >= 11 is 0. The fourth-order valence-electron chi connectivity index (χ4n) is 2.87. The molecule has 1 atom stereocenters. The number of methoxy groups -OCH3 is 1. The summed E-state index contributed by atoms with van der Waals surface area (Å²) < 4.78 is 76.5. The minimum Gasteiger partial charge on any atom is -0.430 e. The summed E-state index contributed by atoms with van der Waals surface area (Å²) in [6, 6.07) is 8.53. The van der Waals surface area contributed by atoms with Gasteiger partial charge in [-0.15, -0.1) is 0 Å². The second-order valence-corrected chi connectivity index (χ2v) is 6.65. The van der Waals surface area contributed by atoms with Crippen LogP contribution in [0, 0.1) is 11.3 Å². The smallest absolute Gasteiger partial charge is 0.430 e. The van der Waals surface area contributed by atoms with Gasteiger partial charge in [0.25, 0.3) is 0 Å². The van der Waals surface area contributed by atoms with Crippen molar-refractivity contribution in [1.29, 1.82) is 5.26 Å². The van der Waals surface area contributed by atoms with Gasteiger partial charge in [-0.05, 0) is 44.1 Å². The zero-order chi connectivity index (χ0) is 21.4. The maximum atomic E-state index is 13.3. The average molecular weight is 429 g/mol. The lowest BCUT2D eigenvalue weighted by Crippen LogP contribution is -2.15. The molecule has 1 aromatic carbocycles. The van der Waals surface area contributed by atoms with Gasteiger partial charge in [-0.2, -0.15) is 27.2 Å². The number of ether oxygens (including phenoxy) is 2. The number of hydrogen-bond donors (Lipinski definition) is 0. The standard InChI is InChI=1S/C18H13F5N3O2P/c1-27-9-11-6-12(28-18(22,23)29)3-4-13(11)10-2-5-15-14(7-24)25-16(17(19,20)21)26(15)8-10/h2-6,8H,9,29H2,1H3. The number of imidazole rings is 1. The molecule has 11 heteroatoms. The van der Waals surface area contributed by atoms with Crippen LogP contribution >= 0.6 is 9.24 Å². The second kappa shape index (κ2) is 7.58. The van der Waals surface area contributed by atoms with Crippen LogP contribution in [0.1, 0.15) is 17.1 Å². The molecular formula is C18H13F5N3O2P.